The number of piperazine rings is 1. The van der Waals surface area contributed by atoms with E-state index in [1.54, 1.807) is 6.21 Å². The predicted octanol–water partition coefficient (Wildman–Crippen LogP) is 2.59. The topological polar surface area (TPSA) is 112 Å². The largest absolute Gasteiger partial charge is 0.340 e. The van der Waals surface area contributed by atoms with E-state index in [9.17, 15) is 19.7 Å². The summed E-state index contributed by atoms with van der Waals surface area (Å²) in [6, 6.07) is 15.2. The summed E-state index contributed by atoms with van der Waals surface area (Å²) in [5.41, 5.74) is 1.83. The van der Waals surface area contributed by atoms with Crippen LogP contribution in [0, 0.1) is 22.0 Å². The minimum Gasteiger partial charge on any atom is -0.340 e. The van der Waals surface area contributed by atoms with Crippen LogP contribution in [0.2, 0.25) is 0 Å². The van der Waals surface area contributed by atoms with E-state index in [0.717, 1.165) is 51.1 Å². The minimum atomic E-state index is -0.643. The number of nitro benzene ring substituents is 1. The molecule has 5 rings (SSSR count). The highest BCUT2D eigenvalue weighted by atomic mass is 16.6. The summed E-state index contributed by atoms with van der Waals surface area (Å²) >= 11 is 0. The van der Waals surface area contributed by atoms with Crippen LogP contribution in [0.5, 0.6) is 0 Å². The first kappa shape index (κ1) is 23.8. The fourth-order valence-electron chi connectivity index (χ4n) is 4.51. The molecule has 36 heavy (non-hydrogen) atoms. The third-order valence-electron chi connectivity index (χ3n) is 6.76. The maximum Gasteiger partial charge on any atom is 0.269 e. The van der Waals surface area contributed by atoms with Gasteiger partial charge in [-0.15, -0.1) is 0 Å². The van der Waals surface area contributed by atoms with Gasteiger partial charge in [-0.05, 0) is 30.5 Å². The summed E-state index contributed by atoms with van der Waals surface area (Å²) in [4.78, 5) is 44.9. The SMILES string of the molecule is O=C(C1CC1)N1CCN(CCN=C[C@@H]2C(=O)N(c3ccc([N+](=O)[O-])cc3)N=C2c2ccccc2)CC1. The second kappa shape index (κ2) is 10.4. The number of rotatable bonds is 8. The van der Waals surface area contributed by atoms with Gasteiger partial charge in [0, 0.05) is 57.0 Å². The molecule has 2 aliphatic heterocycles. The fourth-order valence-corrected chi connectivity index (χ4v) is 4.51. The molecule has 0 radical (unpaired) electrons. The summed E-state index contributed by atoms with van der Waals surface area (Å²) in [6.07, 6.45) is 3.72. The normalized spacial score (nSPS) is 20.7. The molecule has 0 spiro atoms. The number of hydrogen-bond acceptors (Lipinski definition) is 7. The first-order valence-corrected chi connectivity index (χ1v) is 12.2. The van der Waals surface area contributed by atoms with Gasteiger partial charge in [0.15, 0.2) is 0 Å². The molecule has 2 aromatic rings. The number of nitro groups is 1. The third kappa shape index (κ3) is 5.18. The number of nitrogens with zero attached hydrogens (tertiary/aromatic N) is 6. The number of hydrazone groups is 1. The molecule has 2 amide bonds. The summed E-state index contributed by atoms with van der Waals surface area (Å²) in [6.45, 7) is 4.49. The number of amides is 2. The van der Waals surface area contributed by atoms with Crippen LogP contribution in [0.25, 0.3) is 0 Å². The number of carbonyl (C=O) groups is 2. The third-order valence-corrected chi connectivity index (χ3v) is 6.76. The molecule has 10 heteroatoms. The average molecular weight is 489 g/mol. The summed E-state index contributed by atoms with van der Waals surface area (Å²) in [7, 11) is 0. The van der Waals surface area contributed by atoms with Crippen molar-refractivity contribution in [3.63, 3.8) is 0 Å². The van der Waals surface area contributed by atoms with Crippen LogP contribution >= 0.6 is 0 Å². The maximum atomic E-state index is 13.3. The highest BCUT2D eigenvalue weighted by molar-refractivity contribution is 6.29. The van der Waals surface area contributed by atoms with Gasteiger partial charge in [-0.1, -0.05) is 30.3 Å². The van der Waals surface area contributed by atoms with Gasteiger partial charge in [0.05, 0.1) is 22.9 Å². The molecule has 0 unspecified atom stereocenters. The second-order valence-electron chi connectivity index (χ2n) is 9.25. The lowest BCUT2D eigenvalue weighted by atomic mass is 9.98. The molecule has 0 bridgehead atoms. The lowest BCUT2D eigenvalue weighted by Crippen LogP contribution is -2.49. The molecule has 1 atom stereocenters. The Balaban J connectivity index is 1.23. The van der Waals surface area contributed by atoms with Crippen molar-refractivity contribution in [3.8, 4) is 0 Å². The van der Waals surface area contributed by atoms with Gasteiger partial charge in [-0.3, -0.25) is 29.6 Å². The van der Waals surface area contributed by atoms with Crippen LogP contribution in [0.3, 0.4) is 0 Å². The lowest BCUT2D eigenvalue weighted by Gasteiger charge is -2.34. The molecular weight excluding hydrogens is 460 g/mol. The van der Waals surface area contributed by atoms with Crippen molar-refractivity contribution < 1.29 is 14.5 Å². The van der Waals surface area contributed by atoms with Crippen molar-refractivity contribution in [2.75, 3.05) is 44.3 Å². The molecule has 0 N–H and O–H groups in total. The molecule has 10 nitrogen and oxygen atoms in total. The van der Waals surface area contributed by atoms with E-state index in [1.165, 1.54) is 29.3 Å². The van der Waals surface area contributed by atoms with Gasteiger partial charge in [-0.25, -0.2) is 0 Å². The zero-order chi connectivity index (χ0) is 25.1. The molecule has 2 aromatic carbocycles. The highest BCUT2D eigenvalue weighted by Crippen LogP contribution is 2.31. The number of anilines is 1. The van der Waals surface area contributed by atoms with Crippen LogP contribution in [-0.4, -0.2) is 77.7 Å². The summed E-state index contributed by atoms with van der Waals surface area (Å²) < 4.78 is 0. The van der Waals surface area contributed by atoms with Crippen LogP contribution < -0.4 is 5.01 Å². The van der Waals surface area contributed by atoms with Crippen LogP contribution in [0.4, 0.5) is 11.4 Å². The van der Waals surface area contributed by atoms with Gasteiger partial charge >= 0.3 is 0 Å². The first-order valence-electron chi connectivity index (χ1n) is 12.2. The Kier molecular flexibility index (Phi) is 6.86. The van der Waals surface area contributed by atoms with Gasteiger partial charge in [-0.2, -0.15) is 10.1 Å². The Hall–Kier alpha value is -3.92. The first-order chi connectivity index (χ1) is 17.5. The number of carbonyl (C=O) groups excluding carboxylic acids is 2. The molecule has 186 valence electrons. The smallest absolute Gasteiger partial charge is 0.269 e. The molecule has 0 aromatic heterocycles. The predicted molar refractivity (Wildman–Crippen MR) is 136 cm³/mol. The summed E-state index contributed by atoms with van der Waals surface area (Å²) in [5, 5.41) is 16.8. The van der Waals surface area contributed by atoms with Crippen molar-refractivity contribution in [2.45, 2.75) is 12.8 Å². The molecule has 1 aliphatic carbocycles. The van der Waals surface area contributed by atoms with Crippen molar-refractivity contribution in [1.29, 1.82) is 0 Å². The Bertz CT molecular complexity index is 1180. The lowest BCUT2D eigenvalue weighted by molar-refractivity contribution is -0.384. The van der Waals surface area contributed by atoms with E-state index in [1.807, 2.05) is 35.2 Å². The van der Waals surface area contributed by atoms with Gasteiger partial charge in [0.1, 0.15) is 5.92 Å². The van der Waals surface area contributed by atoms with Crippen molar-refractivity contribution >= 4 is 35.1 Å². The summed E-state index contributed by atoms with van der Waals surface area (Å²) in [5.74, 6) is -0.330. The molecule has 2 heterocycles. The Labute approximate surface area is 209 Å². The number of non-ortho nitro benzene ring substituents is 1. The monoisotopic (exact) mass is 488 g/mol. The van der Waals surface area contributed by atoms with Crippen molar-refractivity contribution in [2.24, 2.45) is 21.9 Å². The van der Waals surface area contributed by atoms with E-state index in [4.69, 9.17) is 0 Å². The Morgan fingerprint density at radius 2 is 1.75 bits per heavy atom. The minimum absolute atomic E-state index is 0.0477. The second-order valence-corrected chi connectivity index (χ2v) is 9.25. The van der Waals surface area contributed by atoms with Crippen molar-refractivity contribution in [1.82, 2.24) is 9.80 Å². The van der Waals surface area contributed by atoms with E-state index in [0.29, 0.717) is 23.9 Å². The number of hydrogen-bond donors (Lipinski definition) is 0. The van der Waals surface area contributed by atoms with E-state index >= 15 is 0 Å². The van der Waals surface area contributed by atoms with Gasteiger partial charge < -0.3 is 4.90 Å². The van der Waals surface area contributed by atoms with Gasteiger partial charge in [0.25, 0.3) is 11.6 Å². The van der Waals surface area contributed by atoms with E-state index < -0.39 is 10.8 Å². The molecule has 3 aliphatic rings. The maximum absolute atomic E-state index is 13.3. The number of benzene rings is 2. The van der Waals surface area contributed by atoms with Crippen LogP contribution in [-0.2, 0) is 9.59 Å². The van der Waals surface area contributed by atoms with Crippen LogP contribution in [0.1, 0.15) is 18.4 Å². The average Bonchev–Trinajstić information content (AvgIpc) is 3.71. The Morgan fingerprint density at radius 3 is 2.39 bits per heavy atom. The number of aliphatic imine (C=N–C) groups is 1. The zero-order valence-corrected chi connectivity index (χ0v) is 19.9. The van der Waals surface area contributed by atoms with E-state index in [-0.39, 0.29) is 17.5 Å². The molecule has 1 saturated heterocycles. The zero-order valence-electron chi connectivity index (χ0n) is 19.9. The standard InChI is InChI=1S/C26H28N6O4/c33-25(20-6-7-20)30-16-14-29(15-17-30)13-12-27-18-23-24(19-4-2-1-3-5-19)28-31(26(23)34)21-8-10-22(11-9-21)32(35)36/h1-5,8-11,18,20,23H,6-7,12-17H2/t23-/m0/s1. The van der Waals surface area contributed by atoms with Crippen LogP contribution in [0.15, 0.2) is 64.7 Å². The molecule has 1 saturated carbocycles. The molecule has 2 fully saturated rings. The fraction of sp³-hybridized carbons (Fsp3) is 0.385. The Morgan fingerprint density at radius 1 is 1.06 bits per heavy atom. The van der Waals surface area contributed by atoms with Crippen molar-refractivity contribution in [3.05, 3.63) is 70.3 Å². The quantitative estimate of drug-likeness (QED) is 0.322. The van der Waals surface area contributed by atoms with Gasteiger partial charge in [0.2, 0.25) is 5.91 Å². The molecular formula is C26H28N6O4. The van der Waals surface area contributed by atoms with E-state index in [2.05, 4.69) is 15.0 Å². The highest BCUT2D eigenvalue weighted by Gasteiger charge is 2.37.